The Morgan fingerprint density at radius 3 is 2.27 bits per heavy atom. The molecule has 3 aromatic carbocycles. The molecular weight excluding hydrogens is 552 g/mol. The molecule has 0 unspecified atom stereocenters. The molecule has 3 aromatic rings. The summed E-state index contributed by atoms with van der Waals surface area (Å²) in [5.74, 6) is -0.340. The lowest BCUT2D eigenvalue weighted by molar-refractivity contribution is -0.133. The first-order valence-corrected chi connectivity index (χ1v) is 14.7. The normalized spacial score (nSPS) is 15.2. The minimum absolute atomic E-state index is 0. The first kappa shape index (κ1) is 31.6. The fourth-order valence-electron chi connectivity index (χ4n) is 5.02. The van der Waals surface area contributed by atoms with Crippen molar-refractivity contribution in [2.75, 3.05) is 40.0 Å². The maximum Gasteiger partial charge on any atom is 0.265 e. The van der Waals surface area contributed by atoms with Gasteiger partial charge in [-0.05, 0) is 66.6 Å². The third-order valence-corrected chi connectivity index (χ3v) is 9.87. The lowest BCUT2D eigenvalue weighted by Crippen LogP contribution is -2.57. The number of halogens is 1. The van der Waals surface area contributed by atoms with Crippen LogP contribution in [0.5, 0.6) is 5.75 Å². The molecule has 0 saturated carbocycles. The van der Waals surface area contributed by atoms with E-state index in [9.17, 15) is 18.4 Å². The monoisotopic (exact) mass is 588 g/mol. The number of amides is 1. The molecule has 2 N–H and O–H groups in total. The summed E-state index contributed by atoms with van der Waals surface area (Å²) < 4.78 is 36.5. The van der Waals surface area contributed by atoms with Gasteiger partial charge in [0, 0.05) is 26.7 Å². The predicted octanol–water partition coefficient (Wildman–Crippen LogP) is 4.55. The zero-order valence-corrected chi connectivity index (χ0v) is 24.3. The van der Waals surface area contributed by atoms with Gasteiger partial charge in [-0.3, -0.25) is 10.0 Å². The van der Waals surface area contributed by atoms with Gasteiger partial charge < -0.3 is 14.4 Å². The molecule has 1 aliphatic heterocycles. The van der Waals surface area contributed by atoms with Crippen molar-refractivity contribution in [1.82, 2.24) is 10.4 Å². The maximum absolute atomic E-state index is 13.6. The third-order valence-electron chi connectivity index (χ3n) is 7.35. The summed E-state index contributed by atoms with van der Waals surface area (Å²) in [4.78, 5) is 14.8. The summed E-state index contributed by atoms with van der Waals surface area (Å²) >= 11 is 0. The van der Waals surface area contributed by atoms with Crippen LogP contribution >= 0.6 is 12.4 Å². The van der Waals surface area contributed by atoms with Crippen LogP contribution in [-0.4, -0.2) is 69.1 Å². The quantitative estimate of drug-likeness (QED) is 0.182. The van der Waals surface area contributed by atoms with Crippen LogP contribution in [-0.2, 0) is 25.8 Å². The zero-order chi connectivity index (χ0) is 27.7. The van der Waals surface area contributed by atoms with Gasteiger partial charge in [0.25, 0.3) is 5.91 Å². The van der Waals surface area contributed by atoms with Gasteiger partial charge in [0.05, 0.1) is 18.1 Å². The maximum atomic E-state index is 13.6. The van der Waals surface area contributed by atoms with Gasteiger partial charge in [-0.25, -0.2) is 13.9 Å². The number of methoxy groups -OCH3 is 1. The van der Waals surface area contributed by atoms with E-state index < -0.39 is 20.5 Å². The molecular formula is C30H37ClN2O6S. The summed E-state index contributed by atoms with van der Waals surface area (Å²) in [7, 11) is -2.46. The highest BCUT2D eigenvalue weighted by Crippen LogP contribution is 2.36. The summed E-state index contributed by atoms with van der Waals surface area (Å²) in [6.07, 6.45) is 1.81. The lowest BCUT2D eigenvalue weighted by Gasteiger charge is -2.39. The number of benzene rings is 3. The van der Waals surface area contributed by atoms with Crippen molar-refractivity contribution in [3.8, 4) is 16.9 Å². The number of nitrogens with one attached hydrogen (secondary N) is 1. The Morgan fingerprint density at radius 2 is 1.62 bits per heavy atom. The Bertz CT molecular complexity index is 1330. The first-order valence-electron chi connectivity index (χ1n) is 13.2. The number of piperidine rings is 1. The van der Waals surface area contributed by atoms with Crippen LogP contribution in [0.15, 0.2) is 83.8 Å². The van der Waals surface area contributed by atoms with E-state index in [1.165, 1.54) is 28.8 Å². The van der Waals surface area contributed by atoms with E-state index in [1.54, 1.807) is 24.7 Å². The first-order chi connectivity index (χ1) is 18.9. The van der Waals surface area contributed by atoms with Crippen molar-refractivity contribution in [3.63, 3.8) is 0 Å². The number of sulfone groups is 1. The van der Waals surface area contributed by atoms with Crippen LogP contribution in [0.4, 0.5) is 0 Å². The van der Waals surface area contributed by atoms with Gasteiger partial charge >= 0.3 is 0 Å². The van der Waals surface area contributed by atoms with Crippen molar-refractivity contribution in [2.24, 2.45) is 0 Å². The molecule has 1 saturated heterocycles. The smallest absolute Gasteiger partial charge is 0.265 e. The Balaban J connectivity index is 0.00000441. The van der Waals surface area contributed by atoms with Crippen molar-refractivity contribution >= 4 is 28.2 Å². The summed E-state index contributed by atoms with van der Waals surface area (Å²) in [6.45, 7) is 2.47. The summed E-state index contributed by atoms with van der Waals surface area (Å²) in [6, 6.07) is 24.9. The van der Waals surface area contributed by atoms with Crippen LogP contribution in [0.3, 0.4) is 0 Å². The molecule has 4 rings (SSSR count). The molecule has 1 heterocycles. The molecule has 1 amide bonds. The predicted molar refractivity (Wildman–Crippen MR) is 157 cm³/mol. The second-order valence-corrected chi connectivity index (χ2v) is 12.0. The van der Waals surface area contributed by atoms with Crippen LogP contribution < -0.4 is 10.2 Å². The topological polar surface area (TPSA) is 105 Å². The van der Waals surface area contributed by atoms with Gasteiger partial charge in [-0.2, -0.15) is 0 Å². The van der Waals surface area contributed by atoms with E-state index in [2.05, 4.69) is 41.3 Å². The number of ether oxygens (including phenoxy) is 2. The highest BCUT2D eigenvalue weighted by atomic mass is 35.5. The van der Waals surface area contributed by atoms with Gasteiger partial charge in [-0.15, -0.1) is 12.4 Å². The second-order valence-electron chi connectivity index (χ2n) is 9.76. The number of hydrogen-bond acceptors (Lipinski definition) is 7. The lowest BCUT2D eigenvalue weighted by atomic mass is 9.95. The molecule has 1 fully saturated rings. The van der Waals surface area contributed by atoms with E-state index in [0.29, 0.717) is 38.6 Å². The Labute approximate surface area is 242 Å². The second kappa shape index (κ2) is 14.6. The fourth-order valence-corrected chi connectivity index (χ4v) is 6.98. The summed E-state index contributed by atoms with van der Waals surface area (Å²) in [5, 5.41) is 9.37. The average Bonchev–Trinajstić information content (AvgIpc) is 2.99. The number of hydroxylamine groups is 1. The number of carbonyl (C=O) groups is 1. The molecule has 1 aliphatic rings. The number of rotatable bonds is 12. The van der Waals surface area contributed by atoms with E-state index in [-0.39, 0.29) is 30.1 Å². The third kappa shape index (κ3) is 7.21. The van der Waals surface area contributed by atoms with Crippen LogP contribution in [0.25, 0.3) is 11.1 Å². The number of likely N-dealkylation sites (tertiary alicyclic amines) is 1. The van der Waals surface area contributed by atoms with E-state index in [0.717, 1.165) is 12.8 Å². The Hall–Kier alpha value is -2.95. The van der Waals surface area contributed by atoms with Crippen LogP contribution in [0.2, 0.25) is 0 Å². The molecule has 0 spiro atoms. The minimum Gasteiger partial charge on any atom is -0.494 e. The molecule has 0 aromatic heterocycles. The number of carbonyl (C=O) groups excluding carboxylic acids is 1. The minimum atomic E-state index is -4.07. The Kier molecular flexibility index (Phi) is 11.5. The van der Waals surface area contributed by atoms with Crippen molar-refractivity contribution in [2.45, 2.75) is 35.3 Å². The Morgan fingerprint density at radius 1 is 0.950 bits per heavy atom. The largest absolute Gasteiger partial charge is 0.494 e. The van der Waals surface area contributed by atoms with E-state index in [4.69, 9.17) is 9.47 Å². The number of hydrogen-bond donors (Lipinski definition) is 2. The van der Waals surface area contributed by atoms with Gasteiger partial charge in [0.15, 0.2) is 14.6 Å². The molecule has 8 nitrogen and oxygen atoms in total. The average molecular weight is 589 g/mol. The SMILES string of the molecule is COCCN1CCC(C(=O)NO)(S(=O)(=O)c2ccc(OCCCc3cccc(-c4ccccc4)c3)cc2)CC1.Cl. The molecule has 0 aliphatic carbocycles. The van der Waals surface area contributed by atoms with Crippen LogP contribution in [0.1, 0.15) is 24.8 Å². The molecule has 0 radical (unpaired) electrons. The van der Waals surface area contributed by atoms with Crippen molar-refractivity contribution in [1.29, 1.82) is 0 Å². The highest BCUT2D eigenvalue weighted by molar-refractivity contribution is 7.93. The van der Waals surface area contributed by atoms with Crippen molar-refractivity contribution in [3.05, 3.63) is 84.4 Å². The number of nitrogens with zero attached hydrogens (tertiary/aromatic N) is 1. The van der Waals surface area contributed by atoms with E-state index in [1.807, 2.05) is 18.2 Å². The number of aryl methyl sites for hydroxylation is 1. The van der Waals surface area contributed by atoms with E-state index >= 15 is 0 Å². The summed E-state index contributed by atoms with van der Waals surface area (Å²) in [5.41, 5.74) is 5.18. The standard InChI is InChI=1S/C30H36N2O6S.ClH/c1-37-22-20-32-18-16-30(17-19-32,29(33)31-34)39(35,36)28-14-12-27(13-15-28)38-21-6-8-24-7-5-11-26(23-24)25-9-3-2-4-10-25;/h2-5,7,9-15,23,34H,6,8,16-22H2,1H3,(H,31,33);1H. The molecule has 10 heteroatoms. The molecule has 0 atom stereocenters. The van der Waals surface area contributed by atoms with Gasteiger partial charge in [-0.1, -0.05) is 54.6 Å². The fraction of sp³-hybridized carbons (Fsp3) is 0.367. The van der Waals surface area contributed by atoms with Crippen molar-refractivity contribution < 1.29 is 27.9 Å². The van der Waals surface area contributed by atoms with Crippen LogP contribution in [0, 0.1) is 0 Å². The van der Waals surface area contributed by atoms with Gasteiger partial charge in [0.1, 0.15) is 5.75 Å². The molecule has 40 heavy (non-hydrogen) atoms. The van der Waals surface area contributed by atoms with Gasteiger partial charge in [0.2, 0.25) is 0 Å². The molecule has 0 bridgehead atoms. The zero-order valence-electron chi connectivity index (χ0n) is 22.6. The highest BCUT2D eigenvalue weighted by Gasteiger charge is 2.52. The molecule has 216 valence electrons.